The fourth-order valence-electron chi connectivity index (χ4n) is 1.55. The average Bonchev–Trinajstić information content (AvgIpc) is 2.61. The molecular formula is C12H20BrNOS. The minimum Gasteiger partial charge on any atom is -0.375 e. The predicted octanol–water partition coefficient (Wildman–Crippen LogP) is 3.98. The molecular weight excluding hydrogens is 286 g/mol. The molecule has 1 unspecified atom stereocenters. The first kappa shape index (κ1) is 14.2. The molecule has 0 aliphatic carbocycles. The molecule has 0 bridgehead atoms. The van der Waals surface area contributed by atoms with Crippen molar-refractivity contribution in [3.8, 4) is 0 Å². The van der Waals surface area contributed by atoms with Gasteiger partial charge < -0.3 is 10.1 Å². The van der Waals surface area contributed by atoms with E-state index in [9.17, 15) is 0 Å². The second-order valence-corrected chi connectivity index (χ2v) is 6.23. The third-order valence-corrected chi connectivity index (χ3v) is 4.46. The van der Waals surface area contributed by atoms with Crippen LogP contribution in [0.25, 0.3) is 0 Å². The van der Waals surface area contributed by atoms with E-state index in [4.69, 9.17) is 4.74 Å². The summed E-state index contributed by atoms with van der Waals surface area (Å²) in [5, 5.41) is 5.61. The molecule has 0 aliphatic rings. The van der Waals surface area contributed by atoms with Gasteiger partial charge in [0.05, 0.1) is 5.60 Å². The van der Waals surface area contributed by atoms with E-state index in [2.05, 4.69) is 53.5 Å². The molecule has 16 heavy (non-hydrogen) atoms. The van der Waals surface area contributed by atoms with Gasteiger partial charge in [-0.3, -0.25) is 0 Å². The van der Waals surface area contributed by atoms with E-state index in [1.165, 1.54) is 9.35 Å². The lowest BCUT2D eigenvalue weighted by Crippen LogP contribution is -2.38. The van der Waals surface area contributed by atoms with E-state index < -0.39 is 0 Å². The molecule has 0 aliphatic heterocycles. The summed E-state index contributed by atoms with van der Waals surface area (Å²) in [6.07, 6.45) is 0. The SMILES string of the molecule is CCOC(C)(C)CNC(C)c1sccc1Br. The van der Waals surface area contributed by atoms with Gasteiger partial charge in [-0.15, -0.1) is 11.3 Å². The fourth-order valence-corrected chi connectivity index (χ4v) is 3.30. The third kappa shape index (κ3) is 4.17. The quantitative estimate of drug-likeness (QED) is 0.858. The van der Waals surface area contributed by atoms with Crippen molar-refractivity contribution in [3.05, 3.63) is 20.8 Å². The lowest BCUT2D eigenvalue weighted by Gasteiger charge is -2.27. The van der Waals surface area contributed by atoms with Crippen LogP contribution in [0, 0.1) is 0 Å². The van der Waals surface area contributed by atoms with Crippen molar-refractivity contribution in [3.63, 3.8) is 0 Å². The number of hydrogen-bond donors (Lipinski definition) is 1. The topological polar surface area (TPSA) is 21.3 Å². The van der Waals surface area contributed by atoms with Gasteiger partial charge >= 0.3 is 0 Å². The molecule has 92 valence electrons. The molecule has 1 atom stereocenters. The zero-order valence-corrected chi connectivity index (χ0v) is 12.7. The Labute approximate surface area is 111 Å². The van der Waals surface area contributed by atoms with Gasteiger partial charge in [0.1, 0.15) is 0 Å². The van der Waals surface area contributed by atoms with Crippen molar-refractivity contribution >= 4 is 27.3 Å². The lowest BCUT2D eigenvalue weighted by molar-refractivity contribution is -0.0102. The highest BCUT2D eigenvalue weighted by Gasteiger charge is 2.19. The molecule has 1 aromatic rings. The maximum atomic E-state index is 5.66. The van der Waals surface area contributed by atoms with Crippen molar-refractivity contribution in [2.75, 3.05) is 13.2 Å². The van der Waals surface area contributed by atoms with E-state index in [0.29, 0.717) is 6.04 Å². The van der Waals surface area contributed by atoms with Crippen molar-refractivity contribution in [1.82, 2.24) is 5.32 Å². The zero-order valence-electron chi connectivity index (χ0n) is 10.3. The Balaban J connectivity index is 2.47. The summed E-state index contributed by atoms with van der Waals surface area (Å²) in [6, 6.07) is 2.44. The Morgan fingerprint density at radius 2 is 2.25 bits per heavy atom. The summed E-state index contributed by atoms with van der Waals surface area (Å²) in [5.41, 5.74) is -0.104. The summed E-state index contributed by atoms with van der Waals surface area (Å²) >= 11 is 5.33. The maximum absolute atomic E-state index is 5.66. The second-order valence-electron chi connectivity index (χ2n) is 4.43. The Morgan fingerprint density at radius 1 is 1.56 bits per heavy atom. The number of ether oxygens (including phenoxy) is 1. The highest BCUT2D eigenvalue weighted by Crippen LogP contribution is 2.28. The molecule has 4 heteroatoms. The molecule has 0 radical (unpaired) electrons. The molecule has 0 saturated heterocycles. The predicted molar refractivity (Wildman–Crippen MR) is 74.1 cm³/mol. The number of nitrogens with one attached hydrogen (secondary N) is 1. The Kier molecular flexibility index (Phi) is 5.44. The summed E-state index contributed by atoms with van der Waals surface area (Å²) < 4.78 is 6.84. The largest absolute Gasteiger partial charge is 0.375 e. The maximum Gasteiger partial charge on any atom is 0.0750 e. The standard InChI is InChI=1S/C12H20BrNOS/c1-5-15-12(3,4)8-14-9(2)11-10(13)6-7-16-11/h6-7,9,14H,5,8H2,1-4H3. The molecule has 1 aromatic heterocycles. The highest BCUT2D eigenvalue weighted by atomic mass is 79.9. The first-order chi connectivity index (χ1) is 7.46. The monoisotopic (exact) mass is 305 g/mol. The van der Waals surface area contributed by atoms with E-state index in [1.54, 1.807) is 11.3 Å². The van der Waals surface area contributed by atoms with Crippen LogP contribution in [0.15, 0.2) is 15.9 Å². The Hall–Kier alpha value is 0.100. The molecule has 1 rings (SSSR count). The Morgan fingerprint density at radius 3 is 2.75 bits per heavy atom. The number of halogens is 1. The van der Waals surface area contributed by atoms with Crippen LogP contribution in [0.5, 0.6) is 0 Å². The van der Waals surface area contributed by atoms with Gasteiger partial charge in [0.15, 0.2) is 0 Å². The summed E-state index contributed by atoms with van der Waals surface area (Å²) in [7, 11) is 0. The molecule has 2 nitrogen and oxygen atoms in total. The second kappa shape index (κ2) is 6.15. The van der Waals surface area contributed by atoms with Crippen LogP contribution in [-0.2, 0) is 4.74 Å². The first-order valence-corrected chi connectivity index (χ1v) is 7.24. The zero-order chi connectivity index (χ0) is 12.2. The van der Waals surface area contributed by atoms with E-state index in [1.807, 2.05) is 6.92 Å². The fraction of sp³-hybridized carbons (Fsp3) is 0.667. The van der Waals surface area contributed by atoms with Crippen LogP contribution in [0.1, 0.15) is 38.6 Å². The summed E-state index contributed by atoms with van der Waals surface area (Å²) in [5.74, 6) is 0. The third-order valence-electron chi connectivity index (χ3n) is 2.41. The van der Waals surface area contributed by atoms with E-state index >= 15 is 0 Å². The number of thiophene rings is 1. The van der Waals surface area contributed by atoms with Gasteiger partial charge in [-0.2, -0.15) is 0 Å². The van der Waals surface area contributed by atoms with Crippen molar-refractivity contribution in [1.29, 1.82) is 0 Å². The molecule has 1 heterocycles. The number of rotatable bonds is 6. The summed E-state index contributed by atoms with van der Waals surface area (Å²) in [4.78, 5) is 1.34. The van der Waals surface area contributed by atoms with Gasteiger partial charge in [0, 0.05) is 28.5 Å². The first-order valence-electron chi connectivity index (χ1n) is 5.56. The van der Waals surface area contributed by atoms with Crippen LogP contribution < -0.4 is 5.32 Å². The van der Waals surface area contributed by atoms with Crippen LogP contribution >= 0.6 is 27.3 Å². The molecule has 0 fully saturated rings. The Bertz CT molecular complexity index is 325. The van der Waals surface area contributed by atoms with Gasteiger partial charge in [0.2, 0.25) is 0 Å². The van der Waals surface area contributed by atoms with Crippen LogP contribution in [0.4, 0.5) is 0 Å². The smallest absolute Gasteiger partial charge is 0.0750 e. The van der Waals surface area contributed by atoms with Crippen LogP contribution in [-0.4, -0.2) is 18.8 Å². The number of hydrogen-bond acceptors (Lipinski definition) is 3. The minimum absolute atomic E-state index is 0.104. The van der Waals surface area contributed by atoms with Crippen LogP contribution in [0.3, 0.4) is 0 Å². The molecule has 1 N–H and O–H groups in total. The van der Waals surface area contributed by atoms with Gasteiger partial charge in [-0.25, -0.2) is 0 Å². The van der Waals surface area contributed by atoms with Gasteiger partial charge in [0.25, 0.3) is 0 Å². The van der Waals surface area contributed by atoms with Crippen LogP contribution in [0.2, 0.25) is 0 Å². The van der Waals surface area contributed by atoms with Gasteiger partial charge in [-0.1, -0.05) is 0 Å². The van der Waals surface area contributed by atoms with E-state index in [0.717, 1.165) is 13.2 Å². The van der Waals surface area contributed by atoms with Crippen molar-refractivity contribution in [2.24, 2.45) is 0 Å². The van der Waals surface area contributed by atoms with Gasteiger partial charge in [-0.05, 0) is 55.1 Å². The van der Waals surface area contributed by atoms with Crippen molar-refractivity contribution < 1.29 is 4.74 Å². The van der Waals surface area contributed by atoms with E-state index in [-0.39, 0.29) is 5.60 Å². The molecule has 0 saturated carbocycles. The lowest BCUT2D eigenvalue weighted by atomic mass is 10.1. The molecule has 0 spiro atoms. The molecule has 0 aromatic carbocycles. The average molecular weight is 306 g/mol. The summed E-state index contributed by atoms with van der Waals surface area (Å²) in [6.45, 7) is 10.0. The molecule has 0 amide bonds. The minimum atomic E-state index is -0.104. The normalized spacial score (nSPS) is 14.1. The van der Waals surface area contributed by atoms with Crippen molar-refractivity contribution in [2.45, 2.75) is 39.3 Å². The highest BCUT2D eigenvalue weighted by molar-refractivity contribution is 9.10.